The molecule has 4 rings (SSSR count). The van der Waals surface area contributed by atoms with Gasteiger partial charge in [0, 0.05) is 25.4 Å². The van der Waals surface area contributed by atoms with Crippen molar-refractivity contribution in [2.24, 2.45) is 0 Å². The van der Waals surface area contributed by atoms with Crippen LogP contribution in [0, 0.1) is 5.82 Å². The lowest BCUT2D eigenvalue weighted by Crippen LogP contribution is -2.29. The van der Waals surface area contributed by atoms with Crippen molar-refractivity contribution in [1.29, 1.82) is 0 Å². The largest absolute Gasteiger partial charge is 0.323 e. The van der Waals surface area contributed by atoms with Crippen LogP contribution in [0.3, 0.4) is 0 Å². The Balaban J connectivity index is 1.77. The van der Waals surface area contributed by atoms with Gasteiger partial charge in [-0.3, -0.25) is 0 Å². The summed E-state index contributed by atoms with van der Waals surface area (Å²) in [6.45, 7) is 2.71. The van der Waals surface area contributed by atoms with Gasteiger partial charge in [0.25, 0.3) is 0 Å². The van der Waals surface area contributed by atoms with Gasteiger partial charge in [0.15, 0.2) is 0 Å². The van der Waals surface area contributed by atoms with Crippen LogP contribution in [0.2, 0.25) is 0 Å². The summed E-state index contributed by atoms with van der Waals surface area (Å²) in [5.74, 6) is 2.01. The predicted octanol–water partition coefficient (Wildman–Crippen LogP) is 3.60. The molecule has 0 amide bonds. The van der Waals surface area contributed by atoms with Crippen LogP contribution in [0.1, 0.15) is 16.6 Å². The lowest BCUT2D eigenvalue weighted by molar-refractivity contribution is 0.624. The van der Waals surface area contributed by atoms with E-state index >= 15 is 0 Å². The molecule has 2 heterocycles. The first-order valence-electron chi connectivity index (χ1n) is 7.83. The van der Waals surface area contributed by atoms with Gasteiger partial charge in [0.2, 0.25) is 0 Å². The quantitative estimate of drug-likeness (QED) is 0.797. The zero-order valence-corrected chi connectivity index (χ0v) is 13.5. The number of nitrogens with one attached hydrogen (secondary N) is 1. The predicted molar refractivity (Wildman–Crippen MR) is 93.3 cm³/mol. The first-order valence-corrected chi connectivity index (χ1v) is 8.88. The third-order valence-electron chi connectivity index (χ3n) is 4.15. The molecule has 118 valence electrons. The van der Waals surface area contributed by atoms with Gasteiger partial charge in [0.1, 0.15) is 11.6 Å². The highest BCUT2D eigenvalue weighted by atomic mass is 32.2. The number of thioether (sulfide) groups is 1. The van der Waals surface area contributed by atoms with Crippen molar-refractivity contribution in [2.45, 2.75) is 11.8 Å². The van der Waals surface area contributed by atoms with E-state index in [1.165, 1.54) is 12.1 Å². The molecule has 5 heteroatoms. The maximum atomic E-state index is 13.2. The maximum absolute atomic E-state index is 13.2. The Morgan fingerprint density at radius 3 is 2.78 bits per heavy atom. The molecule has 1 aromatic heterocycles. The molecule has 1 aliphatic rings. The lowest BCUT2D eigenvalue weighted by Gasteiger charge is -2.23. The van der Waals surface area contributed by atoms with Crippen LogP contribution in [-0.4, -0.2) is 28.4 Å². The number of imidazole rings is 1. The summed E-state index contributed by atoms with van der Waals surface area (Å²) in [6, 6.07) is 15.0. The van der Waals surface area contributed by atoms with Crippen LogP contribution in [0.15, 0.2) is 48.5 Å². The van der Waals surface area contributed by atoms with Gasteiger partial charge < -0.3 is 9.88 Å². The molecule has 3 aromatic rings. The Hall–Kier alpha value is -1.85. The Bertz CT molecular complexity index is 807. The number of nitrogens with zero attached hydrogens (tertiary/aromatic N) is 2. The third kappa shape index (κ3) is 2.99. The molecule has 0 spiro atoms. The van der Waals surface area contributed by atoms with Gasteiger partial charge in [-0.1, -0.05) is 24.3 Å². The molecule has 1 saturated heterocycles. The summed E-state index contributed by atoms with van der Waals surface area (Å²) >= 11 is 1.95. The van der Waals surface area contributed by atoms with Gasteiger partial charge in [-0.25, -0.2) is 9.37 Å². The molecule has 0 radical (unpaired) electrons. The number of aromatic nitrogens is 2. The number of hydrogen-bond acceptors (Lipinski definition) is 3. The molecule has 1 aliphatic heterocycles. The molecule has 1 atom stereocenters. The average Bonchev–Trinajstić information content (AvgIpc) is 2.96. The van der Waals surface area contributed by atoms with E-state index in [0.717, 1.165) is 41.3 Å². The van der Waals surface area contributed by atoms with E-state index in [4.69, 9.17) is 4.98 Å². The fourth-order valence-corrected chi connectivity index (χ4v) is 4.12. The highest BCUT2D eigenvalue weighted by molar-refractivity contribution is 7.99. The van der Waals surface area contributed by atoms with E-state index in [2.05, 4.69) is 22.0 Å². The van der Waals surface area contributed by atoms with E-state index in [9.17, 15) is 4.39 Å². The minimum atomic E-state index is -0.198. The fraction of sp³-hybridized carbons (Fsp3) is 0.278. The molecule has 23 heavy (non-hydrogen) atoms. The molecule has 3 nitrogen and oxygen atoms in total. The molecule has 1 fully saturated rings. The van der Waals surface area contributed by atoms with Gasteiger partial charge in [-0.05, 0) is 29.8 Å². The topological polar surface area (TPSA) is 29.9 Å². The van der Waals surface area contributed by atoms with Crippen molar-refractivity contribution in [3.05, 3.63) is 65.7 Å². The second kappa shape index (κ2) is 6.34. The number of rotatable bonds is 3. The number of halogens is 1. The van der Waals surface area contributed by atoms with Gasteiger partial charge >= 0.3 is 0 Å². The van der Waals surface area contributed by atoms with Crippen LogP contribution in [0.25, 0.3) is 11.0 Å². The summed E-state index contributed by atoms with van der Waals surface area (Å²) in [5.41, 5.74) is 3.25. The summed E-state index contributed by atoms with van der Waals surface area (Å²) < 4.78 is 15.4. The van der Waals surface area contributed by atoms with Crippen molar-refractivity contribution in [3.63, 3.8) is 0 Å². The van der Waals surface area contributed by atoms with Crippen molar-refractivity contribution < 1.29 is 4.39 Å². The zero-order valence-electron chi connectivity index (χ0n) is 12.7. The van der Waals surface area contributed by atoms with Crippen molar-refractivity contribution in [2.75, 3.05) is 18.8 Å². The smallest absolute Gasteiger partial charge is 0.124 e. The van der Waals surface area contributed by atoms with Crippen LogP contribution >= 0.6 is 11.8 Å². The monoisotopic (exact) mass is 327 g/mol. The van der Waals surface area contributed by atoms with Crippen molar-refractivity contribution in [3.8, 4) is 0 Å². The van der Waals surface area contributed by atoms with Crippen LogP contribution in [0.5, 0.6) is 0 Å². The average molecular weight is 327 g/mol. The normalized spacial score (nSPS) is 18.4. The van der Waals surface area contributed by atoms with Crippen molar-refractivity contribution in [1.82, 2.24) is 14.9 Å². The minimum Gasteiger partial charge on any atom is -0.323 e. The van der Waals surface area contributed by atoms with Gasteiger partial charge in [-0.15, -0.1) is 11.8 Å². The van der Waals surface area contributed by atoms with E-state index in [0.29, 0.717) is 11.8 Å². The van der Waals surface area contributed by atoms with Crippen LogP contribution in [0.4, 0.5) is 4.39 Å². The Labute approximate surface area is 138 Å². The Morgan fingerprint density at radius 1 is 1.17 bits per heavy atom. The van der Waals surface area contributed by atoms with Crippen LogP contribution < -0.4 is 5.32 Å². The molecule has 0 saturated carbocycles. The SMILES string of the molecule is Fc1ccc(Cn2c([C@H]3CNCCS3)nc3ccccc32)cc1. The van der Waals surface area contributed by atoms with Gasteiger partial charge in [0.05, 0.1) is 16.3 Å². The highest BCUT2D eigenvalue weighted by Gasteiger charge is 2.22. The summed E-state index contributed by atoms with van der Waals surface area (Å²) in [5, 5.41) is 3.81. The second-order valence-electron chi connectivity index (χ2n) is 5.73. The zero-order chi connectivity index (χ0) is 15.6. The molecule has 2 aromatic carbocycles. The first-order chi connectivity index (χ1) is 11.3. The van der Waals surface area contributed by atoms with E-state index in [-0.39, 0.29) is 5.82 Å². The van der Waals surface area contributed by atoms with Crippen LogP contribution in [-0.2, 0) is 6.54 Å². The lowest BCUT2D eigenvalue weighted by atomic mass is 10.2. The molecule has 1 N–H and O–H groups in total. The van der Waals surface area contributed by atoms with E-state index < -0.39 is 0 Å². The van der Waals surface area contributed by atoms with E-state index in [1.807, 2.05) is 36.0 Å². The van der Waals surface area contributed by atoms with Gasteiger partial charge in [-0.2, -0.15) is 0 Å². The highest BCUT2D eigenvalue weighted by Crippen LogP contribution is 2.32. The second-order valence-corrected chi connectivity index (χ2v) is 7.05. The molecular weight excluding hydrogens is 309 g/mol. The standard InChI is InChI=1S/C18H18FN3S/c19-14-7-5-13(6-8-14)12-22-16-4-2-1-3-15(16)21-18(22)17-11-20-9-10-23-17/h1-8,17,20H,9-12H2/t17-/m1/s1. The summed E-state index contributed by atoms with van der Waals surface area (Å²) in [4.78, 5) is 4.88. The Morgan fingerprint density at radius 2 is 2.00 bits per heavy atom. The molecular formula is C18H18FN3S. The third-order valence-corrected chi connectivity index (χ3v) is 5.37. The minimum absolute atomic E-state index is 0.198. The maximum Gasteiger partial charge on any atom is 0.124 e. The van der Waals surface area contributed by atoms with E-state index in [1.54, 1.807) is 0 Å². The fourth-order valence-electron chi connectivity index (χ4n) is 3.01. The number of fused-ring (bicyclic) bond motifs is 1. The summed E-state index contributed by atoms with van der Waals surface area (Å²) in [6.07, 6.45) is 0. The molecule has 0 aliphatic carbocycles. The number of hydrogen-bond donors (Lipinski definition) is 1. The molecule has 0 bridgehead atoms. The number of benzene rings is 2. The first kappa shape index (κ1) is 14.7. The molecule has 0 unspecified atom stereocenters. The van der Waals surface area contributed by atoms with Crippen molar-refractivity contribution >= 4 is 22.8 Å². The Kier molecular flexibility index (Phi) is 4.06. The number of para-hydroxylation sites is 2. The summed E-state index contributed by atoms with van der Waals surface area (Å²) in [7, 11) is 0.